The van der Waals surface area contributed by atoms with Crippen LogP contribution in [0.15, 0.2) is 0 Å². The molecule has 5 nitrogen and oxygen atoms in total. The van der Waals surface area contributed by atoms with Crippen molar-refractivity contribution in [1.82, 2.24) is 10.2 Å². The van der Waals surface area contributed by atoms with Crippen LogP contribution in [-0.2, 0) is 9.53 Å². The maximum atomic E-state index is 12.7. The summed E-state index contributed by atoms with van der Waals surface area (Å²) in [5, 5.41) is 3.32. The highest BCUT2D eigenvalue weighted by atomic mass is 35.5. The molecule has 0 bridgehead atoms. The molecular weight excluding hydrogens is 350 g/mol. The smallest absolute Gasteiger partial charge is 0.220 e. The van der Waals surface area contributed by atoms with Crippen LogP contribution >= 0.6 is 12.4 Å². The fraction of sp³-hybridized carbons (Fsp3) is 0.950. The molecule has 3 aliphatic rings. The van der Waals surface area contributed by atoms with Gasteiger partial charge in [-0.1, -0.05) is 38.5 Å². The monoisotopic (exact) mass is 387 g/mol. The minimum absolute atomic E-state index is 0. The summed E-state index contributed by atoms with van der Waals surface area (Å²) >= 11 is 0. The maximum Gasteiger partial charge on any atom is 0.220 e. The van der Waals surface area contributed by atoms with Gasteiger partial charge in [0, 0.05) is 31.6 Å². The number of nitrogens with zero attached hydrogens (tertiary/aromatic N) is 1. The molecule has 0 atom stereocenters. The van der Waals surface area contributed by atoms with Gasteiger partial charge < -0.3 is 15.8 Å². The van der Waals surface area contributed by atoms with E-state index >= 15 is 0 Å². The van der Waals surface area contributed by atoms with Crippen molar-refractivity contribution in [3.05, 3.63) is 0 Å². The molecule has 0 unspecified atom stereocenters. The van der Waals surface area contributed by atoms with Gasteiger partial charge in [0.25, 0.3) is 0 Å². The van der Waals surface area contributed by atoms with E-state index in [1.54, 1.807) is 0 Å². The summed E-state index contributed by atoms with van der Waals surface area (Å²) in [5.41, 5.74) is 6.28. The molecule has 1 aliphatic heterocycles. The Bertz CT molecular complexity index is 429. The molecule has 1 saturated heterocycles. The first kappa shape index (κ1) is 21.9. The lowest BCUT2D eigenvalue weighted by Crippen LogP contribution is -2.59. The lowest BCUT2D eigenvalue weighted by molar-refractivity contribution is -0.125. The van der Waals surface area contributed by atoms with Crippen molar-refractivity contribution in [3.63, 3.8) is 0 Å². The molecule has 3 fully saturated rings. The van der Waals surface area contributed by atoms with Crippen LogP contribution in [0.2, 0.25) is 0 Å². The zero-order valence-corrected chi connectivity index (χ0v) is 17.1. The molecule has 0 aromatic carbocycles. The molecule has 0 aromatic heterocycles. The molecule has 6 heteroatoms. The second-order valence-corrected chi connectivity index (χ2v) is 8.60. The van der Waals surface area contributed by atoms with Crippen molar-refractivity contribution in [3.8, 4) is 0 Å². The minimum Gasteiger partial charge on any atom is -0.379 e. The number of morpholine rings is 1. The van der Waals surface area contributed by atoms with E-state index in [4.69, 9.17) is 10.5 Å². The first-order valence-electron chi connectivity index (χ1n) is 10.5. The predicted molar refractivity (Wildman–Crippen MR) is 108 cm³/mol. The van der Waals surface area contributed by atoms with Crippen LogP contribution in [0.3, 0.4) is 0 Å². The Labute approximate surface area is 165 Å². The van der Waals surface area contributed by atoms with Crippen LogP contribution in [0.4, 0.5) is 0 Å². The van der Waals surface area contributed by atoms with E-state index in [0.29, 0.717) is 13.0 Å². The number of carbonyl (C=O) groups is 1. The van der Waals surface area contributed by atoms with Crippen molar-refractivity contribution < 1.29 is 9.53 Å². The van der Waals surface area contributed by atoms with E-state index < -0.39 is 0 Å². The molecule has 2 aliphatic carbocycles. The summed E-state index contributed by atoms with van der Waals surface area (Å²) in [6, 6.07) is 0. The molecule has 3 N–H and O–H groups in total. The number of nitrogens with one attached hydrogen (secondary N) is 1. The molecule has 1 amide bonds. The van der Waals surface area contributed by atoms with Gasteiger partial charge in [-0.2, -0.15) is 0 Å². The second kappa shape index (κ2) is 10.3. The maximum absolute atomic E-state index is 12.7. The van der Waals surface area contributed by atoms with Gasteiger partial charge in [-0.25, -0.2) is 0 Å². The number of ether oxygens (including phenoxy) is 1. The van der Waals surface area contributed by atoms with Gasteiger partial charge in [0.15, 0.2) is 0 Å². The Hall–Kier alpha value is -0.360. The van der Waals surface area contributed by atoms with Crippen LogP contribution in [0.25, 0.3) is 0 Å². The third kappa shape index (κ3) is 5.34. The average molecular weight is 388 g/mol. The van der Waals surface area contributed by atoms with Gasteiger partial charge in [0.05, 0.1) is 13.2 Å². The normalized spacial score (nSPS) is 25.9. The fourth-order valence-corrected chi connectivity index (χ4v) is 5.27. The van der Waals surface area contributed by atoms with E-state index in [9.17, 15) is 4.79 Å². The lowest BCUT2D eigenvalue weighted by atomic mass is 9.71. The second-order valence-electron chi connectivity index (χ2n) is 8.60. The van der Waals surface area contributed by atoms with Gasteiger partial charge in [-0.15, -0.1) is 12.4 Å². The molecule has 2 saturated carbocycles. The molecule has 26 heavy (non-hydrogen) atoms. The van der Waals surface area contributed by atoms with Crippen molar-refractivity contribution >= 4 is 18.3 Å². The summed E-state index contributed by atoms with van der Waals surface area (Å²) in [5.74, 6) is 0.213. The number of hydrogen-bond donors (Lipinski definition) is 2. The summed E-state index contributed by atoms with van der Waals surface area (Å²) in [6.07, 6.45) is 12.9. The standard InChI is InChI=1S/C20H37N3O2.ClH/c21-16-19(7-3-1-4-8-19)15-18(24)22-17-20(9-5-2-6-10-20)23-11-13-25-14-12-23;/h1-17,21H2,(H,22,24);1H. The van der Waals surface area contributed by atoms with Gasteiger partial charge in [-0.3, -0.25) is 9.69 Å². The van der Waals surface area contributed by atoms with E-state index in [2.05, 4.69) is 10.2 Å². The summed E-state index contributed by atoms with van der Waals surface area (Å²) in [4.78, 5) is 15.3. The topological polar surface area (TPSA) is 67.6 Å². The molecular formula is C20H38ClN3O2. The Kier molecular flexibility index (Phi) is 8.65. The number of halogens is 1. The average Bonchev–Trinajstić information content (AvgIpc) is 2.68. The highest BCUT2D eigenvalue weighted by molar-refractivity contribution is 5.85. The van der Waals surface area contributed by atoms with Gasteiger partial charge in [0.2, 0.25) is 5.91 Å². The molecule has 0 radical (unpaired) electrons. The van der Waals surface area contributed by atoms with Crippen molar-refractivity contribution in [2.75, 3.05) is 39.4 Å². The largest absolute Gasteiger partial charge is 0.379 e. The third-order valence-electron chi connectivity index (χ3n) is 6.96. The van der Waals surface area contributed by atoms with E-state index in [1.165, 1.54) is 51.4 Å². The number of hydrogen-bond acceptors (Lipinski definition) is 4. The van der Waals surface area contributed by atoms with E-state index in [1.807, 2.05) is 0 Å². The van der Waals surface area contributed by atoms with E-state index in [-0.39, 0.29) is 29.3 Å². The van der Waals surface area contributed by atoms with Crippen molar-refractivity contribution in [2.45, 2.75) is 76.2 Å². The molecule has 0 spiro atoms. The number of rotatable bonds is 6. The fourth-order valence-electron chi connectivity index (χ4n) is 5.27. The highest BCUT2D eigenvalue weighted by Gasteiger charge is 2.39. The number of amides is 1. The first-order chi connectivity index (χ1) is 12.2. The van der Waals surface area contributed by atoms with Gasteiger partial charge in [0.1, 0.15) is 0 Å². The van der Waals surface area contributed by atoms with Gasteiger partial charge in [-0.05, 0) is 37.6 Å². The van der Waals surface area contributed by atoms with Crippen LogP contribution in [0.1, 0.15) is 70.6 Å². The Morgan fingerprint density at radius 1 is 0.962 bits per heavy atom. The SMILES string of the molecule is Cl.NCC1(CC(=O)NCC2(N3CCOCC3)CCCCC2)CCCCC1. The zero-order valence-electron chi connectivity index (χ0n) is 16.3. The molecule has 3 rings (SSSR count). The number of nitrogens with two attached hydrogens (primary N) is 1. The Morgan fingerprint density at radius 3 is 2.12 bits per heavy atom. The van der Waals surface area contributed by atoms with Crippen LogP contribution in [0.5, 0.6) is 0 Å². The summed E-state index contributed by atoms with van der Waals surface area (Å²) < 4.78 is 5.55. The third-order valence-corrected chi connectivity index (χ3v) is 6.96. The Balaban J connectivity index is 0.00000243. The molecule has 0 aromatic rings. The quantitative estimate of drug-likeness (QED) is 0.735. The van der Waals surface area contributed by atoms with Crippen LogP contribution in [0, 0.1) is 5.41 Å². The van der Waals surface area contributed by atoms with Crippen molar-refractivity contribution in [2.24, 2.45) is 11.1 Å². The Morgan fingerprint density at radius 2 is 1.54 bits per heavy atom. The van der Waals surface area contributed by atoms with E-state index in [0.717, 1.165) is 45.7 Å². The molecule has 152 valence electrons. The van der Waals surface area contributed by atoms with Crippen LogP contribution < -0.4 is 11.1 Å². The van der Waals surface area contributed by atoms with Gasteiger partial charge >= 0.3 is 0 Å². The number of carbonyl (C=O) groups excluding carboxylic acids is 1. The highest BCUT2D eigenvalue weighted by Crippen LogP contribution is 2.38. The summed E-state index contributed by atoms with van der Waals surface area (Å²) in [7, 11) is 0. The predicted octanol–water partition coefficient (Wildman–Crippen LogP) is 2.86. The molecule has 1 heterocycles. The lowest BCUT2D eigenvalue weighted by Gasteiger charge is -2.48. The first-order valence-corrected chi connectivity index (χ1v) is 10.5. The van der Waals surface area contributed by atoms with Crippen molar-refractivity contribution in [1.29, 1.82) is 0 Å². The van der Waals surface area contributed by atoms with Crippen LogP contribution in [-0.4, -0.2) is 55.7 Å². The zero-order chi connectivity index (χ0) is 17.6. The minimum atomic E-state index is 0. The summed E-state index contributed by atoms with van der Waals surface area (Å²) in [6.45, 7) is 5.10.